The molecule has 0 spiro atoms. The monoisotopic (exact) mass is 1270 g/mol. The first-order valence-electron chi connectivity index (χ1n) is 33.6. The topological polar surface area (TPSA) is 24.6 Å². The van der Waals surface area contributed by atoms with Crippen LogP contribution in [0, 0.1) is 0 Å². The Morgan fingerprint density at radius 1 is 0.237 bits per heavy atom. The quantitative estimate of drug-likeness (QED) is 0.0900. The predicted molar refractivity (Wildman–Crippen MR) is 415 cm³/mol. The van der Waals surface area contributed by atoms with E-state index in [1.54, 1.807) is 0 Å². The van der Waals surface area contributed by atoms with Crippen LogP contribution in [0.4, 0.5) is 34.1 Å². The molecule has 0 bridgehead atoms. The van der Waals surface area contributed by atoms with Crippen LogP contribution in [0.25, 0.3) is 60.6 Å². The molecule has 454 valence electrons. The normalized spacial score (nSPS) is 12.7. The lowest BCUT2D eigenvalue weighted by Crippen LogP contribution is -2.75. The summed E-state index contributed by atoms with van der Waals surface area (Å²) in [7, 11) is -6.26. The van der Waals surface area contributed by atoms with Crippen LogP contribution in [0.5, 0.6) is 0 Å². The van der Waals surface area contributed by atoms with Gasteiger partial charge >= 0.3 is 0 Å². The summed E-state index contributed by atoms with van der Waals surface area (Å²) in [5.74, 6) is 0. The molecule has 7 heteroatoms. The Hall–Kier alpha value is -12.0. The number of benzene rings is 15. The van der Waals surface area contributed by atoms with E-state index in [-0.39, 0.29) is 6.71 Å². The highest BCUT2D eigenvalue weighted by molar-refractivity contribution is 7.20. The minimum atomic E-state index is -3.16. The fourth-order valence-electron chi connectivity index (χ4n) is 16.8. The lowest BCUT2D eigenvalue weighted by atomic mass is 9.33. The van der Waals surface area contributed by atoms with E-state index in [9.17, 15) is 0 Å². The van der Waals surface area contributed by atoms with Gasteiger partial charge in [0.25, 0.3) is 6.71 Å². The maximum absolute atomic E-state index is 6.63. The average molecular weight is 1270 g/mol. The Labute approximate surface area is 566 Å². The van der Waals surface area contributed by atoms with Crippen molar-refractivity contribution in [3.8, 4) is 16.8 Å². The molecule has 0 radical (unpaired) electrons. The molecule has 2 aliphatic rings. The van der Waals surface area contributed by atoms with E-state index in [2.05, 4.69) is 390 Å². The van der Waals surface area contributed by atoms with Gasteiger partial charge in [0, 0.05) is 55.7 Å². The molecule has 97 heavy (non-hydrogen) atoms. The number of rotatable bonds is 12. The minimum Gasteiger partial charge on any atom is -0.456 e. The highest BCUT2D eigenvalue weighted by atomic mass is 28.3. The third kappa shape index (κ3) is 8.75. The van der Waals surface area contributed by atoms with E-state index in [4.69, 9.17) is 4.42 Å². The van der Waals surface area contributed by atoms with Crippen molar-refractivity contribution in [1.82, 2.24) is 4.57 Å². The third-order valence-corrected chi connectivity index (χ3v) is 30.4. The zero-order valence-electron chi connectivity index (χ0n) is 53.1. The fourth-order valence-corrected chi connectivity index (χ4v) is 26.3. The Morgan fingerprint density at radius 2 is 0.670 bits per heavy atom. The largest absolute Gasteiger partial charge is 0.456 e. The summed E-state index contributed by atoms with van der Waals surface area (Å²) in [5.41, 5.74) is 17.8. The summed E-state index contributed by atoms with van der Waals surface area (Å²) in [6.45, 7) is -0.221. The van der Waals surface area contributed by atoms with Gasteiger partial charge in [-0.3, -0.25) is 0 Å². The molecule has 17 aromatic rings. The molecule has 0 amide bonds. The Kier molecular flexibility index (Phi) is 13.3. The van der Waals surface area contributed by atoms with Gasteiger partial charge in [-0.15, -0.1) is 0 Å². The number of nitrogens with zero attached hydrogens (tertiary/aromatic N) is 3. The molecule has 4 heterocycles. The predicted octanol–water partition coefficient (Wildman–Crippen LogP) is 15.2. The summed E-state index contributed by atoms with van der Waals surface area (Å²) in [5, 5.41) is 15.1. The molecule has 0 aliphatic carbocycles. The van der Waals surface area contributed by atoms with Gasteiger partial charge in [-0.2, -0.15) is 0 Å². The number of hydrogen-bond donors (Lipinski definition) is 0. The molecule has 2 aliphatic heterocycles. The van der Waals surface area contributed by atoms with Crippen molar-refractivity contribution in [3.05, 3.63) is 376 Å². The van der Waals surface area contributed by atoms with Crippen molar-refractivity contribution in [3.63, 3.8) is 0 Å². The Bertz CT molecular complexity index is 5600. The van der Waals surface area contributed by atoms with Crippen LogP contribution in [0.1, 0.15) is 0 Å². The number of hydrogen-bond acceptors (Lipinski definition) is 3. The van der Waals surface area contributed by atoms with Crippen LogP contribution in [0.2, 0.25) is 0 Å². The maximum Gasteiger partial charge on any atom is 0.252 e. The van der Waals surface area contributed by atoms with E-state index < -0.39 is 16.1 Å². The van der Waals surface area contributed by atoms with Crippen molar-refractivity contribution in [2.75, 3.05) is 9.80 Å². The molecule has 0 N–H and O–H groups in total. The molecule has 2 aromatic heterocycles. The second-order valence-corrected chi connectivity index (χ2v) is 33.4. The van der Waals surface area contributed by atoms with Gasteiger partial charge in [0.1, 0.15) is 11.2 Å². The van der Waals surface area contributed by atoms with Gasteiger partial charge in [-0.05, 0) is 142 Å². The second-order valence-electron chi connectivity index (χ2n) is 25.8. The van der Waals surface area contributed by atoms with Crippen LogP contribution < -0.4 is 67.7 Å². The zero-order chi connectivity index (χ0) is 64.0. The third-order valence-electron chi connectivity index (χ3n) is 20.8. The summed E-state index contributed by atoms with van der Waals surface area (Å²) in [6.07, 6.45) is 0. The van der Waals surface area contributed by atoms with E-state index in [1.807, 2.05) is 0 Å². The number of para-hydroxylation sites is 3. The SMILES string of the molecule is c1ccc(-c2ccc3c(c2)B2c4ccc([Si](c5ccccc5)(c5ccccc5)c5ccccc5)cc4N(c4cccc([Si](c5ccccc5)(c5ccccc5)c5ccccc5)c4)c4cc(-n5c6ccccc6c6ccccc65)cc(c42)N3c2ccc3oc4ccccc4c3c2)cc1. The molecule has 15 aromatic carbocycles. The zero-order valence-corrected chi connectivity index (χ0v) is 55.1. The van der Waals surface area contributed by atoms with Crippen molar-refractivity contribution >= 4 is 159 Å². The molecular weight excluding hydrogens is 1210 g/mol. The first kappa shape index (κ1) is 56.5. The first-order chi connectivity index (χ1) is 48.1. The van der Waals surface area contributed by atoms with Crippen molar-refractivity contribution < 1.29 is 4.42 Å². The molecule has 0 saturated carbocycles. The highest BCUT2D eigenvalue weighted by Crippen LogP contribution is 2.48. The molecule has 0 fully saturated rings. The van der Waals surface area contributed by atoms with Gasteiger partial charge in [0.05, 0.1) is 16.7 Å². The van der Waals surface area contributed by atoms with E-state index in [1.165, 1.54) is 79.8 Å². The standard InChI is InChI=1S/C90H62BN3OSi2/c1-8-29-63(30-9-1)64-51-55-84-81(57-64)91-80-54-53-75(97(71-38-16-5-17-39-71,72-40-18-6-19-41-72)73-42-20-7-21-43-73)62-85(80)93(65-31-28-44-74(58-65)96(68-32-10-2-11-33-68,69-34-12-3-13-35-69)70-36-14-4-15-37-70)87-61-67(94-82-48-25-22-45-76(82)77-46-23-26-49-83(77)94)60-86(90(87)91)92(84)66-52-56-89-79(59-66)78-47-24-27-50-88(78)95-89/h1-62H. The lowest BCUT2D eigenvalue weighted by molar-refractivity contribution is 0.669. The van der Waals surface area contributed by atoms with Gasteiger partial charge < -0.3 is 18.8 Å². The number of furan rings is 1. The summed E-state index contributed by atoms with van der Waals surface area (Å²) < 4.78 is 9.15. The van der Waals surface area contributed by atoms with Crippen LogP contribution in [0.15, 0.2) is 381 Å². The van der Waals surface area contributed by atoms with Crippen molar-refractivity contribution in [1.29, 1.82) is 0 Å². The molecular formula is C90H62BN3OSi2. The second kappa shape index (κ2) is 22.9. The molecule has 0 atom stereocenters. The van der Waals surface area contributed by atoms with E-state index in [0.717, 1.165) is 72.8 Å². The van der Waals surface area contributed by atoms with Crippen LogP contribution in [-0.2, 0) is 0 Å². The summed E-state index contributed by atoms with van der Waals surface area (Å²) >= 11 is 0. The highest BCUT2D eigenvalue weighted by Gasteiger charge is 2.48. The van der Waals surface area contributed by atoms with Gasteiger partial charge in [-0.25, -0.2) is 0 Å². The van der Waals surface area contributed by atoms with Crippen molar-refractivity contribution in [2.45, 2.75) is 0 Å². The summed E-state index contributed by atoms with van der Waals surface area (Å²) in [4.78, 5) is 5.26. The Balaban J connectivity index is 0.979. The molecule has 0 saturated heterocycles. The first-order valence-corrected chi connectivity index (χ1v) is 37.6. The van der Waals surface area contributed by atoms with Gasteiger partial charge in [0.15, 0.2) is 16.1 Å². The van der Waals surface area contributed by atoms with Gasteiger partial charge in [0.2, 0.25) is 0 Å². The number of fused-ring (bicyclic) bond motifs is 10. The van der Waals surface area contributed by atoms with Crippen molar-refractivity contribution in [2.24, 2.45) is 0 Å². The van der Waals surface area contributed by atoms with Crippen LogP contribution in [0.3, 0.4) is 0 Å². The molecule has 19 rings (SSSR count). The molecule has 0 unspecified atom stereocenters. The van der Waals surface area contributed by atoms with E-state index in [0.29, 0.717) is 0 Å². The van der Waals surface area contributed by atoms with Crippen LogP contribution >= 0.6 is 0 Å². The van der Waals surface area contributed by atoms with Gasteiger partial charge in [-0.1, -0.05) is 303 Å². The minimum absolute atomic E-state index is 0.221. The Morgan fingerprint density at radius 3 is 1.21 bits per heavy atom. The average Bonchev–Trinajstić information content (AvgIpc) is 1.15. The molecule has 4 nitrogen and oxygen atoms in total. The summed E-state index contributed by atoms with van der Waals surface area (Å²) in [6, 6.07) is 142. The number of anilines is 6. The van der Waals surface area contributed by atoms with Crippen LogP contribution in [-0.4, -0.2) is 27.4 Å². The number of aromatic nitrogens is 1. The maximum atomic E-state index is 6.63. The lowest BCUT2D eigenvalue weighted by Gasteiger charge is -2.45. The van der Waals surface area contributed by atoms with E-state index >= 15 is 0 Å². The smallest absolute Gasteiger partial charge is 0.252 e. The fraction of sp³-hybridized carbons (Fsp3) is 0.